The molecule has 1 atom stereocenters. The van der Waals surface area contributed by atoms with Crippen LogP contribution in [0.25, 0.3) is 0 Å². The van der Waals surface area contributed by atoms with E-state index >= 15 is 4.39 Å². The van der Waals surface area contributed by atoms with Crippen molar-refractivity contribution in [3.05, 3.63) is 101 Å². The summed E-state index contributed by atoms with van der Waals surface area (Å²) in [6.45, 7) is 0.166. The van der Waals surface area contributed by atoms with Crippen LogP contribution in [0.4, 0.5) is 10.1 Å². The molecule has 1 aliphatic heterocycles. The van der Waals surface area contributed by atoms with Gasteiger partial charge in [-0.15, -0.1) is 5.10 Å². The highest BCUT2D eigenvalue weighted by Gasteiger charge is 2.50. The molecule has 2 aliphatic carbocycles. The van der Waals surface area contributed by atoms with E-state index in [1.807, 2.05) is 54.6 Å². The van der Waals surface area contributed by atoms with Crippen LogP contribution in [0, 0.1) is 17.2 Å². The molecule has 3 aliphatic rings. The van der Waals surface area contributed by atoms with Crippen molar-refractivity contribution in [2.24, 2.45) is 16.4 Å². The SMILES string of the molecule is O=C(Nc1cccc(CC2(C(=O)O)CC2)c1F)C(c1ccc(CN2N=C(c3ccccc3)OCC2=O)cc1)C1CCCC1. The molecule has 3 aromatic carbocycles. The minimum absolute atomic E-state index is 0.0706. The van der Waals surface area contributed by atoms with Gasteiger partial charge in [0.1, 0.15) is 5.82 Å². The van der Waals surface area contributed by atoms with Gasteiger partial charge in [-0.05, 0) is 72.9 Å². The van der Waals surface area contributed by atoms with E-state index in [9.17, 15) is 19.5 Å². The summed E-state index contributed by atoms with van der Waals surface area (Å²) >= 11 is 0. The Morgan fingerprint density at radius 1 is 1.02 bits per heavy atom. The highest BCUT2D eigenvalue weighted by atomic mass is 19.1. The number of rotatable bonds is 10. The first-order valence-electron chi connectivity index (χ1n) is 14.8. The second-order valence-corrected chi connectivity index (χ2v) is 11.8. The zero-order valence-electron chi connectivity index (χ0n) is 23.8. The predicted octanol–water partition coefficient (Wildman–Crippen LogP) is 5.87. The number of carbonyl (C=O) groups excluding carboxylic acids is 2. The van der Waals surface area contributed by atoms with Gasteiger partial charge in [-0.1, -0.05) is 67.4 Å². The highest BCUT2D eigenvalue weighted by Crippen LogP contribution is 2.49. The Bertz CT molecular complexity index is 1550. The largest absolute Gasteiger partial charge is 0.481 e. The van der Waals surface area contributed by atoms with E-state index in [-0.39, 0.29) is 43.0 Å². The molecule has 1 heterocycles. The molecule has 0 aromatic heterocycles. The number of carboxylic acids is 1. The second kappa shape index (κ2) is 12.0. The number of hydrogen-bond acceptors (Lipinski definition) is 5. The maximum absolute atomic E-state index is 15.5. The highest BCUT2D eigenvalue weighted by molar-refractivity contribution is 5.98. The average Bonchev–Trinajstić information content (AvgIpc) is 3.61. The van der Waals surface area contributed by atoms with E-state index in [2.05, 4.69) is 10.4 Å². The molecule has 0 saturated heterocycles. The van der Waals surface area contributed by atoms with Crippen molar-refractivity contribution in [3.63, 3.8) is 0 Å². The van der Waals surface area contributed by atoms with Gasteiger partial charge in [0, 0.05) is 5.56 Å². The first kappa shape index (κ1) is 28.6. The van der Waals surface area contributed by atoms with Gasteiger partial charge < -0.3 is 15.2 Å². The Balaban J connectivity index is 1.19. The van der Waals surface area contributed by atoms with Crippen molar-refractivity contribution in [2.75, 3.05) is 11.9 Å². The summed E-state index contributed by atoms with van der Waals surface area (Å²) in [5.41, 5.74) is 1.94. The normalized spacial score (nSPS) is 18.5. The fraction of sp³-hybridized carbons (Fsp3) is 0.353. The Kier molecular flexibility index (Phi) is 7.97. The van der Waals surface area contributed by atoms with Crippen molar-refractivity contribution in [3.8, 4) is 0 Å². The van der Waals surface area contributed by atoms with Crippen LogP contribution in [0.2, 0.25) is 0 Å². The number of nitrogens with zero attached hydrogens (tertiary/aromatic N) is 2. The van der Waals surface area contributed by atoms with Gasteiger partial charge in [0.15, 0.2) is 6.61 Å². The van der Waals surface area contributed by atoms with E-state index in [4.69, 9.17) is 4.74 Å². The van der Waals surface area contributed by atoms with Crippen LogP contribution >= 0.6 is 0 Å². The third-order valence-corrected chi connectivity index (χ3v) is 8.85. The van der Waals surface area contributed by atoms with Gasteiger partial charge in [0.2, 0.25) is 11.8 Å². The molecule has 222 valence electrons. The molecule has 9 heteroatoms. The van der Waals surface area contributed by atoms with Gasteiger partial charge in [-0.3, -0.25) is 14.4 Å². The van der Waals surface area contributed by atoms with Crippen molar-refractivity contribution in [1.82, 2.24) is 5.01 Å². The number of carbonyl (C=O) groups is 3. The Morgan fingerprint density at radius 3 is 2.42 bits per heavy atom. The molecule has 3 aromatic rings. The minimum atomic E-state index is -0.910. The fourth-order valence-corrected chi connectivity index (χ4v) is 6.18. The monoisotopic (exact) mass is 583 g/mol. The lowest BCUT2D eigenvalue weighted by atomic mass is 9.83. The second-order valence-electron chi connectivity index (χ2n) is 11.8. The van der Waals surface area contributed by atoms with Gasteiger partial charge >= 0.3 is 5.97 Å². The number of hydrazone groups is 1. The lowest BCUT2D eigenvalue weighted by molar-refractivity contribution is -0.143. The molecular formula is C34H34FN3O5. The number of halogens is 1. The Labute approximate surface area is 249 Å². The Hall–Kier alpha value is -4.53. The van der Waals surface area contributed by atoms with Crippen molar-refractivity contribution >= 4 is 29.4 Å². The molecule has 43 heavy (non-hydrogen) atoms. The molecular weight excluding hydrogens is 549 g/mol. The number of amides is 2. The van der Waals surface area contributed by atoms with Crippen molar-refractivity contribution in [2.45, 2.75) is 57.4 Å². The maximum atomic E-state index is 15.5. The number of ether oxygens (including phenoxy) is 1. The quantitative estimate of drug-likeness (QED) is 0.311. The first-order valence-corrected chi connectivity index (χ1v) is 14.8. The van der Waals surface area contributed by atoms with E-state index < -0.39 is 23.1 Å². The maximum Gasteiger partial charge on any atom is 0.309 e. The number of hydrogen-bond donors (Lipinski definition) is 2. The smallest absolute Gasteiger partial charge is 0.309 e. The molecule has 8 nitrogen and oxygen atoms in total. The number of nitrogens with one attached hydrogen (secondary N) is 1. The van der Waals surface area contributed by atoms with Crippen molar-refractivity contribution < 1.29 is 28.6 Å². The summed E-state index contributed by atoms with van der Waals surface area (Å²) in [7, 11) is 0. The number of benzene rings is 3. The summed E-state index contributed by atoms with van der Waals surface area (Å²) in [5, 5.41) is 18.2. The minimum Gasteiger partial charge on any atom is -0.481 e. The predicted molar refractivity (Wildman–Crippen MR) is 159 cm³/mol. The fourth-order valence-electron chi connectivity index (χ4n) is 6.18. The molecule has 1 unspecified atom stereocenters. The standard InChI is InChI=1S/C34H34FN3O5/c35-30-26(19-34(17-18-34)33(41)42)11-6-12-27(30)36-31(40)29(23-7-4-5-8-23)24-15-13-22(14-16-24)20-38-28(39)21-43-32(37-38)25-9-2-1-3-10-25/h1-3,6,9-16,23,29H,4-5,7-8,17-21H2,(H,36,40)(H,41,42). The Morgan fingerprint density at radius 2 is 1.74 bits per heavy atom. The van der Waals surface area contributed by atoms with E-state index in [1.165, 1.54) is 11.1 Å². The molecule has 0 radical (unpaired) electrons. The van der Waals surface area contributed by atoms with Crippen LogP contribution in [-0.2, 0) is 32.1 Å². The van der Waals surface area contributed by atoms with Gasteiger partial charge in [0.25, 0.3) is 5.91 Å². The van der Waals surface area contributed by atoms with Gasteiger partial charge in [-0.2, -0.15) is 0 Å². The summed E-state index contributed by atoms with van der Waals surface area (Å²) < 4.78 is 21.0. The molecule has 2 N–H and O–H groups in total. The number of aliphatic carboxylic acids is 1. The van der Waals surface area contributed by atoms with Crippen LogP contribution < -0.4 is 5.32 Å². The molecule has 2 amide bonds. The third kappa shape index (κ3) is 6.16. The van der Waals surface area contributed by atoms with E-state index in [1.54, 1.807) is 12.1 Å². The topological polar surface area (TPSA) is 108 Å². The average molecular weight is 584 g/mol. The van der Waals surface area contributed by atoms with E-state index in [0.29, 0.717) is 24.3 Å². The van der Waals surface area contributed by atoms with Crippen LogP contribution in [0.3, 0.4) is 0 Å². The first-order chi connectivity index (χ1) is 20.8. The third-order valence-electron chi connectivity index (χ3n) is 8.85. The molecule has 0 bridgehead atoms. The van der Waals surface area contributed by atoms with Crippen LogP contribution in [-0.4, -0.2) is 40.4 Å². The number of anilines is 1. The van der Waals surface area contributed by atoms with Gasteiger partial charge in [0.05, 0.1) is 23.6 Å². The summed E-state index contributed by atoms with van der Waals surface area (Å²) in [6, 6.07) is 21.8. The zero-order valence-corrected chi connectivity index (χ0v) is 23.8. The molecule has 6 rings (SSSR count). The molecule has 2 fully saturated rings. The van der Waals surface area contributed by atoms with Crippen molar-refractivity contribution in [1.29, 1.82) is 0 Å². The lowest BCUT2D eigenvalue weighted by Gasteiger charge is -2.25. The summed E-state index contributed by atoms with van der Waals surface area (Å²) in [5.74, 6) is -1.97. The molecule has 2 saturated carbocycles. The zero-order chi connectivity index (χ0) is 30.0. The van der Waals surface area contributed by atoms with Crippen LogP contribution in [0.15, 0.2) is 77.9 Å². The van der Waals surface area contributed by atoms with Crippen LogP contribution in [0.5, 0.6) is 0 Å². The summed E-state index contributed by atoms with van der Waals surface area (Å²) in [4.78, 5) is 37.9. The number of carboxylic acid groups (broad SMARTS) is 1. The summed E-state index contributed by atoms with van der Waals surface area (Å²) in [6.07, 6.45) is 5.04. The van der Waals surface area contributed by atoms with Gasteiger partial charge in [-0.25, -0.2) is 9.40 Å². The van der Waals surface area contributed by atoms with E-state index in [0.717, 1.165) is 42.4 Å². The lowest BCUT2D eigenvalue weighted by Crippen LogP contribution is -2.36. The molecule has 0 spiro atoms. The van der Waals surface area contributed by atoms with Crippen LogP contribution in [0.1, 0.15) is 66.7 Å².